The van der Waals surface area contributed by atoms with Crippen LogP contribution in [0.4, 0.5) is 4.39 Å². The number of piperidine rings is 1. The number of carboxylic acids is 1. The van der Waals surface area contributed by atoms with Crippen LogP contribution in [0.1, 0.15) is 82.2 Å². The normalized spacial score (nSPS) is 16.5. The molecule has 2 aliphatic rings. The number of hydrogen-bond donors (Lipinski definition) is 2. The van der Waals surface area contributed by atoms with Gasteiger partial charge in [0.1, 0.15) is 17.6 Å². The van der Waals surface area contributed by atoms with Crippen molar-refractivity contribution in [1.29, 1.82) is 0 Å². The SMILES string of the molecule is CCn1nc(Cc2ccc(OC)cc2)cc1C1CCN(CC2CCCC2)CC1.CNC(C(=O)O)C(C)C.Fc1ccccc1. The van der Waals surface area contributed by atoms with Gasteiger partial charge in [-0.2, -0.15) is 5.10 Å². The Hall–Kier alpha value is -3.23. The molecule has 44 heavy (non-hydrogen) atoms. The molecule has 8 heteroatoms. The Morgan fingerprint density at radius 1 is 1.05 bits per heavy atom. The minimum absolute atomic E-state index is 0.146. The molecular formula is C36H53FN4O3. The number of nitrogens with zero attached hydrogens (tertiary/aromatic N) is 3. The first kappa shape index (κ1) is 35.3. The number of benzene rings is 2. The first-order valence-electron chi connectivity index (χ1n) is 16.3. The Bertz CT molecular complexity index is 1220. The van der Waals surface area contributed by atoms with Crippen molar-refractivity contribution >= 4 is 5.97 Å². The number of carboxylic acid groups (broad SMARTS) is 1. The maximum absolute atomic E-state index is 11.9. The number of rotatable bonds is 10. The maximum atomic E-state index is 11.9. The molecule has 1 aliphatic carbocycles. The molecule has 1 saturated carbocycles. The van der Waals surface area contributed by atoms with Crippen LogP contribution in [0, 0.1) is 17.7 Å². The number of methoxy groups -OCH3 is 1. The van der Waals surface area contributed by atoms with E-state index in [0.29, 0.717) is 5.92 Å². The Balaban J connectivity index is 0.000000271. The van der Waals surface area contributed by atoms with E-state index in [-0.39, 0.29) is 11.7 Å². The highest BCUT2D eigenvalue weighted by molar-refractivity contribution is 5.73. The van der Waals surface area contributed by atoms with Crippen LogP contribution < -0.4 is 10.1 Å². The van der Waals surface area contributed by atoms with Gasteiger partial charge in [-0.05, 0) is 100 Å². The molecule has 2 fully saturated rings. The highest BCUT2D eigenvalue weighted by atomic mass is 19.1. The van der Waals surface area contributed by atoms with Gasteiger partial charge < -0.3 is 20.1 Å². The predicted molar refractivity (Wildman–Crippen MR) is 176 cm³/mol. The lowest BCUT2D eigenvalue weighted by molar-refractivity contribution is -0.140. The molecule has 1 aromatic heterocycles. The van der Waals surface area contributed by atoms with Crippen LogP contribution in [0.2, 0.25) is 0 Å². The highest BCUT2D eigenvalue weighted by Crippen LogP contribution is 2.32. The number of aromatic nitrogens is 2. The van der Waals surface area contributed by atoms with Gasteiger partial charge in [0.2, 0.25) is 0 Å². The number of likely N-dealkylation sites (tertiary alicyclic amines) is 1. The third kappa shape index (κ3) is 11.4. The van der Waals surface area contributed by atoms with Gasteiger partial charge in [0.15, 0.2) is 0 Å². The summed E-state index contributed by atoms with van der Waals surface area (Å²) in [6.45, 7) is 10.8. The summed E-state index contributed by atoms with van der Waals surface area (Å²) in [4.78, 5) is 13.0. The number of halogens is 1. The van der Waals surface area contributed by atoms with Crippen molar-refractivity contribution in [2.24, 2.45) is 11.8 Å². The monoisotopic (exact) mass is 608 g/mol. The number of likely N-dealkylation sites (N-methyl/N-ethyl adjacent to an activating group) is 1. The summed E-state index contributed by atoms with van der Waals surface area (Å²) in [5.41, 5.74) is 3.93. The third-order valence-electron chi connectivity index (χ3n) is 8.68. The lowest BCUT2D eigenvalue weighted by Crippen LogP contribution is -2.38. The number of nitrogens with one attached hydrogen (secondary N) is 1. The third-order valence-corrected chi connectivity index (χ3v) is 8.68. The van der Waals surface area contributed by atoms with E-state index >= 15 is 0 Å². The summed E-state index contributed by atoms with van der Waals surface area (Å²) in [6, 6.07) is 18.2. The van der Waals surface area contributed by atoms with Crippen molar-refractivity contribution in [2.75, 3.05) is 33.8 Å². The average molecular weight is 609 g/mol. The number of hydrogen-bond acceptors (Lipinski definition) is 5. The first-order chi connectivity index (χ1) is 21.2. The van der Waals surface area contributed by atoms with E-state index < -0.39 is 12.0 Å². The molecule has 1 atom stereocenters. The Kier molecular flexibility index (Phi) is 14.9. The topological polar surface area (TPSA) is 79.6 Å². The van der Waals surface area contributed by atoms with Crippen LogP contribution in [0.5, 0.6) is 5.75 Å². The van der Waals surface area contributed by atoms with E-state index in [4.69, 9.17) is 14.9 Å². The lowest BCUT2D eigenvalue weighted by Gasteiger charge is -2.33. The van der Waals surface area contributed by atoms with Gasteiger partial charge in [0.05, 0.1) is 12.8 Å². The summed E-state index contributed by atoms with van der Waals surface area (Å²) < 4.78 is 19.4. The summed E-state index contributed by atoms with van der Waals surface area (Å²) in [5.74, 6) is 1.72. The zero-order chi connectivity index (χ0) is 31.9. The molecule has 2 aromatic carbocycles. The molecule has 7 nitrogen and oxygen atoms in total. The largest absolute Gasteiger partial charge is 0.497 e. The zero-order valence-corrected chi connectivity index (χ0v) is 27.3. The zero-order valence-electron chi connectivity index (χ0n) is 27.3. The van der Waals surface area contributed by atoms with Crippen molar-refractivity contribution in [2.45, 2.75) is 84.2 Å². The van der Waals surface area contributed by atoms with E-state index in [9.17, 15) is 9.18 Å². The fraction of sp³-hybridized carbons (Fsp3) is 0.556. The van der Waals surface area contributed by atoms with Crippen LogP contribution in [0.25, 0.3) is 0 Å². The van der Waals surface area contributed by atoms with Crippen molar-refractivity contribution in [3.8, 4) is 5.75 Å². The molecular weight excluding hydrogens is 555 g/mol. The molecule has 2 N–H and O–H groups in total. The second-order valence-corrected chi connectivity index (χ2v) is 12.3. The minimum Gasteiger partial charge on any atom is -0.497 e. The number of ether oxygens (including phenoxy) is 1. The van der Waals surface area contributed by atoms with Gasteiger partial charge in [-0.1, -0.05) is 57.0 Å². The van der Waals surface area contributed by atoms with Crippen molar-refractivity contribution in [1.82, 2.24) is 20.0 Å². The highest BCUT2D eigenvalue weighted by Gasteiger charge is 2.26. The van der Waals surface area contributed by atoms with Gasteiger partial charge in [0, 0.05) is 31.1 Å². The van der Waals surface area contributed by atoms with Gasteiger partial charge in [-0.25, -0.2) is 4.39 Å². The van der Waals surface area contributed by atoms with Gasteiger partial charge in [-0.15, -0.1) is 0 Å². The van der Waals surface area contributed by atoms with Crippen LogP contribution in [-0.2, 0) is 17.8 Å². The van der Waals surface area contributed by atoms with Crippen molar-refractivity contribution in [3.05, 3.63) is 83.4 Å². The lowest BCUT2D eigenvalue weighted by atomic mass is 9.92. The molecule has 1 aliphatic heterocycles. The molecule has 0 radical (unpaired) electrons. The molecule has 3 aromatic rings. The second kappa shape index (κ2) is 18.5. The molecule has 0 amide bonds. The Morgan fingerprint density at radius 2 is 1.68 bits per heavy atom. The standard InChI is InChI=1S/C24H35N3O.C6H5F.C6H13NO2/c1-3-27-24(17-22(25-27)16-19-8-10-23(28-2)11-9-19)21-12-14-26(15-13-21)18-20-6-4-5-7-20;7-6-4-2-1-3-5-6;1-4(2)5(7-3)6(8)9/h8-11,17,20-21H,3-7,12-16,18H2,1-2H3;1-5H;4-5,7H,1-3H3,(H,8,9). The van der Waals surface area contributed by atoms with Gasteiger partial charge in [-0.3, -0.25) is 9.48 Å². The van der Waals surface area contributed by atoms with E-state index in [0.717, 1.165) is 24.6 Å². The van der Waals surface area contributed by atoms with E-state index in [2.05, 4.69) is 40.0 Å². The number of aliphatic carboxylic acids is 1. The smallest absolute Gasteiger partial charge is 0.320 e. The van der Waals surface area contributed by atoms with Crippen LogP contribution in [0.15, 0.2) is 60.7 Å². The predicted octanol–water partition coefficient (Wildman–Crippen LogP) is 7.01. The van der Waals surface area contributed by atoms with Gasteiger partial charge in [0.25, 0.3) is 0 Å². The summed E-state index contributed by atoms with van der Waals surface area (Å²) in [6.07, 6.45) is 9.27. The van der Waals surface area contributed by atoms with Crippen LogP contribution in [0.3, 0.4) is 0 Å². The summed E-state index contributed by atoms with van der Waals surface area (Å²) >= 11 is 0. The Morgan fingerprint density at radius 3 is 2.14 bits per heavy atom. The number of carbonyl (C=O) groups is 1. The van der Waals surface area contributed by atoms with Crippen LogP contribution >= 0.6 is 0 Å². The molecule has 1 unspecified atom stereocenters. The van der Waals surface area contributed by atoms with Crippen LogP contribution in [-0.4, -0.2) is 65.6 Å². The molecule has 1 saturated heterocycles. The molecule has 0 bridgehead atoms. The second-order valence-electron chi connectivity index (χ2n) is 12.3. The quantitative estimate of drug-likeness (QED) is 0.258. The summed E-state index contributed by atoms with van der Waals surface area (Å²) in [7, 11) is 3.36. The molecule has 2 heterocycles. The van der Waals surface area contributed by atoms with E-state index in [1.54, 1.807) is 32.4 Å². The van der Waals surface area contributed by atoms with Crippen molar-refractivity contribution in [3.63, 3.8) is 0 Å². The van der Waals surface area contributed by atoms with Crippen molar-refractivity contribution < 1.29 is 19.0 Å². The fourth-order valence-corrected chi connectivity index (χ4v) is 6.23. The van der Waals surface area contributed by atoms with Gasteiger partial charge >= 0.3 is 5.97 Å². The van der Waals surface area contributed by atoms with E-state index in [1.165, 1.54) is 87.2 Å². The minimum atomic E-state index is -0.785. The average Bonchev–Trinajstić information content (AvgIpc) is 3.69. The maximum Gasteiger partial charge on any atom is 0.320 e. The number of aryl methyl sites for hydroxylation is 1. The fourth-order valence-electron chi connectivity index (χ4n) is 6.23. The molecule has 0 spiro atoms. The molecule has 5 rings (SSSR count). The summed E-state index contributed by atoms with van der Waals surface area (Å²) in [5, 5.41) is 16.1. The first-order valence-corrected chi connectivity index (χ1v) is 16.3. The van der Waals surface area contributed by atoms with E-state index in [1.807, 2.05) is 26.0 Å². The molecule has 242 valence electrons. The Labute approximate surface area is 263 Å².